The minimum Gasteiger partial charge on any atom is -0.352 e. The van der Waals surface area contributed by atoms with Crippen molar-refractivity contribution >= 4 is 17.7 Å². The average molecular weight is 336 g/mol. The molecule has 2 aromatic rings. The molecule has 1 N–H and O–H groups in total. The number of fused-ring (bicyclic) bond motifs is 1. The molecule has 5 nitrogen and oxygen atoms in total. The molecule has 5 heteroatoms. The number of nitrogens with zero attached hydrogens (tertiary/aromatic N) is 1. The number of rotatable bonds is 6. The topological polar surface area (TPSA) is 66.5 Å². The highest BCUT2D eigenvalue weighted by molar-refractivity contribution is 6.22. The van der Waals surface area contributed by atoms with E-state index in [1.807, 2.05) is 37.3 Å². The molecule has 128 valence electrons. The molecule has 2 aromatic carbocycles. The van der Waals surface area contributed by atoms with Crippen LogP contribution in [0.25, 0.3) is 0 Å². The Balaban J connectivity index is 1.53. The molecule has 0 bridgehead atoms. The van der Waals surface area contributed by atoms with E-state index in [0.717, 1.165) is 17.7 Å². The summed E-state index contributed by atoms with van der Waals surface area (Å²) in [5.74, 6) is -1.14. The second-order valence-electron chi connectivity index (χ2n) is 6.23. The van der Waals surface area contributed by atoms with E-state index >= 15 is 0 Å². The summed E-state index contributed by atoms with van der Waals surface area (Å²) in [7, 11) is 0. The third-order valence-corrected chi connectivity index (χ3v) is 4.30. The Hall–Kier alpha value is -2.95. The normalized spacial score (nSPS) is 14.4. The summed E-state index contributed by atoms with van der Waals surface area (Å²) in [6.07, 6.45) is 1.65. The largest absolute Gasteiger partial charge is 0.352 e. The van der Waals surface area contributed by atoms with Gasteiger partial charge in [-0.1, -0.05) is 42.5 Å². The number of carbonyl (C=O) groups excluding carboxylic acids is 3. The number of imide groups is 1. The lowest BCUT2D eigenvalue weighted by atomic mass is 10.1. The van der Waals surface area contributed by atoms with Gasteiger partial charge in [0.15, 0.2) is 0 Å². The lowest BCUT2D eigenvalue weighted by Gasteiger charge is -2.17. The van der Waals surface area contributed by atoms with Crippen molar-refractivity contribution in [2.24, 2.45) is 0 Å². The van der Waals surface area contributed by atoms with Crippen molar-refractivity contribution in [2.45, 2.75) is 25.8 Å². The van der Waals surface area contributed by atoms with Crippen LogP contribution in [-0.2, 0) is 11.2 Å². The van der Waals surface area contributed by atoms with Gasteiger partial charge in [0.2, 0.25) is 5.91 Å². The van der Waals surface area contributed by atoms with Crippen molar-refractivity contribution in [1.29, 1.82) is 0 Å². The van der Waals surface area contributed by atoms with Crippen LogP contribution in [0.4, 0.5) is 0 Å². The van der Waals surface area contributed by atoms with E-state index in [4.69, 9.17) is 0 Å². The van der Waals surface area contributed by atoms with Gasteiger partial charge in [-0.3, -0.25) is 19.3 Å². The fourth-order valence-corrected chi connectivity index (χ4v) is 2.95. The van der Waals surface area contributed by atoms with Gasteiger partial charge in [0.1, 0.15) is 6.54 Å². The molecular weight excluding hydrogens is 316 g/mol. The van der Waals surface area contributed by atoms with Crippen LogP contribution >= 0.6 is 0 Å². The molecule has 0 aromatic heterocycles. The van der Waals surface area contributed by atoms with E-state index < -0.39 is 11.8 Å². The lowest BCUT2D eigenvalue weighted by molar-refractivity contribution is -0.122. The van der Waals surface area contributed by atoms with E-state index in [1.54, 1.807) is 24.3 Å². The van der Waals surface area contributed by atoms with Gasteiger partial charge in [-0.05, 0) is 37.5 Å². The van der Waals surface area contributed by atoms with Crippen LogP contribution in [0.3, 0.4) is 0 Å². The highest BCUT2D eigenvalue weighted by Crippen LogP contribution is 2.21. The van der Waals surface area contributed by atoms with Crippen LogP contribution in [0.15, 0.2) is 54.6 Å². The number of hydrogen-bond donors (Lipinski definition) is 1. The first kappa shape index (κ1) is 16.9. The van der Waals surface area contributed by atoms with Gasteiger partial charge in [0, 0.05) is 6.04 Å². The van der Waals surface area contributed by atoms with Gasteiger partial charge in [-0.25, -0.2) is 0 Å². The zero-order chi connectivity index (χ0) is 17.8. The second kappa shape index (κ2) is 7.30. The molecule has 3 amide bonds. The highest BCUT2D eigenvalue weighted by atomic mass is 16.2. The summed E-state index contributed by atoms with van der Waals surface area (Å²) in [5, 5.41) is 2.86. The van der Waals surface area contributed by atoms with Crippen molar-refractivity contribution in [1.82, 2.24) is 10.2 Å². The Kier molecular flexibility index (Phi) is 4.93. The number of nitrogens with one attached hydrogen (secondary N) is 1. The predicted octanol–water partition coefficient (Wildman–Crippen LogP) is 2.42. The maximum atomic E-state index is 12.3. The summed E-state index contributed by atoms with van der Waals surface area (Å²) < 4.78 is 0. The predicted molar refractivity (Wildman–Crippen MR) is 94.2 cm³/mol. The minimum atomic E-state index is -0.410. The van der Waals surface area contributed by atoms with E-state index in [-0.39, 0.29) is 18.5 Å². The molecular formula is C20H20N2O3. The van der Waals surface area contributed by atoms with E-state index in [0.29, 0.717) is 11.1 Å². The molecule has 1 unspecified atom stereocenters. The Bertz CT molecular complexity index is 767. The van der Waals surface area contributed by atoms with E-state index in [1.165, 1.54) is 5.56 Å². The third kappa shape index (κ3) is 3.76. The maximum Gasteiger partial charge on any atom is 0.262 e. The molecule has 25 heavy (non-hydrogen) atoms. The molecule has 1 heterocycles. The van der Waals surface area contributed by atoms with Gasteiger partial charge in [0.05, 0.1) is 11.1 Å². The smallest absolute Gasteiger partial charge is 0.262 e. The molecule has 0 spiro atoms. The monoisotopic (exact) mass is 336 g/mol. The van der Waals surface area contributed by atoms with Crippen LogP contribution < -0.4 is 5.32 Å². The Labute approximate surface area is 146 Å². The summed E-state index contributed by atoms with van der Waals surface area (Å²) in [5.41, 5.74) is 1.93. The number of carbonyl (C=O) groups is 3. The molecule has 1 aliphatic heterocycles. The van der Waals surface area contributed by atoms with Crippen LogP contribution in [0.2, 0.25) is 0 Å². The summed E-state index contributed by atoms with van der Waals surface area (Å²) in [4.78, 5) is 37.7. The molecule has 0 aliphatic carbocycles. The van der Waals surface area contributed by atoms with Crippen molar-refractivity contribution in [2.75, 3.05) is 6.54 Å². The quantitative estimate of drug-likeness (QED) is 0.824. The zero-order valence-electron chi connectivity index (χ0n) is 14.1. The Morgan fingerprint density at radius 1 is 0.960 bits per heavy atom. The van der Waals surface area contributed by atoms with Crippen LogP contribution in [0.1, 0.15) is 39.6 Å². The minimum absolute atomic E-state index is 0.0390. The van der Waals surface area contributed by atoms with Gasteiger partial charge in [0.25, 0.3) is 11.8 Å². The highest BCUT2D eigenvalue weighted by Gasteiger charge is 2.36. The van der Waals surface area contributed by atoms with E-state index in [9.17, 15) is 14.4 Å². The molecule has 1 aliphatic rings. The SMILES string of the molecule is CC(CCc1ccccc1)NC(=O)CN1C(=O)c2ccccc2C1=O. The first-order chi connectivity index (χ1) is 12.1. The van der Waals surface area contributed by atoms with Gasteiger partial charge >= 0.3 is 0 Å². The summed E-state index contributed by atoms with van der Waals surface area (Å²) in [6.45, 7) is 1.67. The molecule has 0 radical (unpaired) electrons. The lowest BCUT2D eigenvalue weighted by Crippen LogP contribution is -2.43. The molecule has 1 atom stereocenters. The summed E-state index contributed by atoms with van der Waals surface area (Å²) in [6, 6.07) is 16.6. The maximum absolute atomic E-state index is 12.3. The van der Waals surface area contributed by atoms with Crippen molar-refractivity contribution in [3.05, 3.63) is 71.3 Å². The van der Waals surface area contributed by atoms with Gasteiger partial charge < -0.3 is 5.32 Å². The molecule has 0 fully saturated rings. The van der Waals surface area contributed by atoms with Gasteiger partial charge in [-0.2, -0.15) is 0 Å². The molecule has 0 saturated heterocycles. The number of aryl methyl sites for hydroxylation is 1. The first-order valence-electron chi connectivity index (χ1n) is 8.35. The molecule has 3 rings (SSSR count). The van der Waals surface area contributed by atoms with Crippen LogP contribution in [0, 0.1) is 0 Å². The number of benzene rings is 2. The number of amides is 3. The zero-order valence-corrected chi connectivity index (χ0v) is 14.1. The fraction of sp³-hybridized carbons (Fsp3) is 0.250. The fourth-order valence-electron chi connectivity index (χ4n) is 2.95. The van der Waals surface area contributed by atoms with Crippen LogP contribution in [0.5, 0.6) is 0 Å². The Morgan fingerprint density at radius 3 is 2.12 bits per heavy atom. The van der Waals surface area contributed by atoms with E-state index in [2.05, 4.69) is 5.32 Å². The average Bonchev–Trinajstić information content (AvgIpc) is 2.86. The van der Waals surface area contributed by atoms with Crippen molar-refractivity contribution in [3.63, 3.8) is 0 Å². The third-order valence-electron chi connectivity index (χ3n) is 4.30. The van der Waals surface area contributed by atoms with Crippen LogP contribution in [-0.4, -0.2) is 35.2 Å². The number of hydrogen-bond acceptors (Lipinski definition) is 3. The first-order valence-corrected chi connectivity index (χ1v) is 8.35. The standard InChI is InChI=1S/C20H20N2O3/c1-14(11-12-15-7-3-2-4-8-15)21-18(23)13-22-19(24)16-9-5-6-10-17(16)20(22)25/h2-10,14H,11-13H2,1H3,(H,21,23). The Morgan fingerprint density at radius 2 is 1.52 bits per heavy atom. The summed E-state index contributed by atoms with van der Waals surface area (Å²) >= 11 is 0. The van der Waals surface area contributed by atoms with Gasteiger partial charge in [-0.15, -0.1) is 0 Å². The van der Waals surface area contributed by atoms with Crippen molar-refractivity contribution < 1.29 is 14.4 Å². The van der Waals surface area contributed by atoms with Crippen molar-refractivity contribution in [3.8, 4) is 0 Å². The molecule has 0 saturated carbocycles. The second-order valence-corrected chi connectivity index (χ2v) is 6.23.